The van der Waals surface area contributed by atoms with Crippen molar-refractivity contribution in [3.8, 4) is 0 Å². The van der Waals surface area contributed by atoms with Crippen molar-refractivity contribution in [1.82, 2.24) is 31.9 Å². The number of aliphatic imine (C=N–C) groups is 1. The van der Waals surface area contributed by atoms with Gasteiger partial charge in [-0.15, -0.1) is 0 Å². The Morgan fingerprint density at radius 2 is 1.05 bits per heavy atom. The number of amides is 6. The molecule has 2 aromatic carbocycles. The summed E-state index contributed by atoms with van der Waals surface area (Å²) in [6.45, 7) is 2.78. The van der Waals surface area contributed by atoms with Crippen molar-refractivity contribution in [3.05, 3.63) is 71.8 Å². The third-order valence-corrected chi connectivity index (χ3v) is 8.92. The van der Waals surface area contributed by atoms with E-state index in [0.29, 0.717) is 11.1 Å². The lowest BCUT2D eigenvalue weighted by molar-refractivity contribution is -0.144. The minimum atomic E-state index is -1.76. The lowest BCUT2D eigenvalue weighted by Crippen LogP contribution is -2.60. The topological polar surface area (TPSA) is 377 Å². The van der Waals surface area contributed by atoms with Crippen LogP contribution in [0.2, 0.25) is 0 Å². The maximum absolute atomic E-state index is 14.1. The van der Waals surface area contributed by atoms with E-state index in [9.17, 15) is 53.4 Å². The van der Waals surface area contributed by atoms with Crippen LogP contribution >= 0.6 is 0 Å². The van der Waals surface area contributed by atoms with Crippen molar-refractivity contribution in [2.45, 2.75) is 95.0 Å². The molecule has 62 heavy (non-hydrogen) atoms. The van der Waals surface area contributed by atoms with Crippen LogP contribution in [-0.2, 0) is 56.0 Å². The van der Waals surface area contributed by atoms with E-state index in [2.05, 4.69) is 36.9 Å². The zero-order valence-corrected chi connectivity index (χ0v) is 34.4. The van der Waals surface area contributed by atoms with E-state index in [1.54, 1.807) is 74.5 Å². The molecule has 6 unspecified atom stereocenters. The van der Waals surface area contributed by atoms with Crippen LogP contribution < -0.4 is 49.1 Å². The molecule has 6 amide bonds. The predicted octanol–water partition coefficient (Wildman–Crippen LogP) is -2.53. The highest BCUT2D eigenvalue weighted by Gasteiger charge is 2.34. The quantitative estimate of drug-likeness (QED) is 0.0250. The van der Waals surface area contributed by atoms with E-state index in [1.807, 2.05) is 0 Å². The molecule has 22 nitrogen and oxygen atoms in total. The summed E-state index contributed by atoms with van der Waals surface area (Å²) in [5.74, 6) is -10.3. The molecule has 0 aliphatic rings. The predicted molar refractivity (Wildman–Crippen MR) is 222 cm³/mol. The molecule has 2 rings (SSSR count). The van der Waals surface area contributed by atoms with Gasteiger partial charge in [0.15, 0.2) is 5.96 Å². The van der Waals surface area contributed by atoms with Crippen LogP contribution in [0.15, 0.2) is 65.7 Å². The Hall–Kier alpha value is -7.10. The summed E-state index contributed by atoms with van der Waals surface area (Å²) in [6, 6.07) is 7.90. The lowest BCUT2D eigenvalue weighted by Gasteiger charge is -2.27. The van der Waals surface area contributed by atoms with Crippen LogP contribution in [-0.4, -0.2) is 124 Å². The van der Waals surface area contributed by atoms with Gasteiger partial charge in [0.2, 0.25) is 35.4 Å². The van der Waals surface area contributed by atoms with Gasteiger partial charge in [0.25, 0.3) is 0 Å². The van der Waals surface area contributed by atoms with Crippen molar-refractivity contribution in [2.24, 2.45) is 28.1 Å². The molecule has 2 aromatic rings. The molecule has 0 spiro atoms. The van der Waals surface area contributed by atoms with Crippen LogP contribution in [0.1, 0.15) is 57.1 Å². The van der Waals surface area contributed by atoms with Crippen molar-refractivity contribution >= 4 is 59.3 Å². The number of benzene rings is 2. The van der Waals surface area contributed by atoms with Crippen LogP contribution in [0.3, 0.4) is 0 Å². The third-order valence-electron chi connectivity index (χ3n) is 8.92. The zero-order valence-electron chi connectivity index (χ0n) is 34.4. The van der Waals surface area contributed by atoms with E-state index < -0.39 is 109 Å². The van der Waals surface area contributed by atoms with Crippen LogP contribution in [0, 0.1) is 5.92 Å². The summed E-state index contributed by atoms with van der Waals surface area (Å²) in [4.78, 5) is 119. The number of rotatable bonds is 27. The molecule has 0 bridgehead atoms. The zero-order chi connectivity index (χ0) is 46.4. The number of carbonyl (C=O) groups excluding carboxylic acids is 6. The van der Waals surface area contributed by atoms with Gasteiger partial charge in [-0.2, -0.15) is 0 Å². The van der Waals surface area contributed by atoms with Gasteiger partial charge in [0.1, 0.15) is 30.2 Å². The number of hydrogen-bond acceptors (Lipinski definition) is 11. The van der Waals surface area contributed by atoms with Gasteiger partial charge in [0, 0.05) is 19.4 Å². The smallest absolute Gasteiger partial charge is 0.326 e. The number of nitrogens with one attached hydrogen (secondary N) is 6. The van der Waals surface area contributed by atoms with Crippen molar-refractivity contribution in [1.29, 1.82) is 0 Å². The molecule has 0 aliphatic carbocycles. The second kappa shape index (κ2) is 26.2. The van der Waals surface area contributed by atoms with Crippen LogP contribution in [0.25, 0.3) is 0 Å². The first-order valence-electron chi connectivity index (χ1n) is 19.6. The monoisotopic (exact) mass is 868 g/mol. The molecule has 0 radical (unpaired) electrons. The Bertz CT molecular complexity index is 1890. The second-order valence-corrected chi connectivity index (χ2v) is 14.7. The van der Waals surface area contributed by atoms with Gasteiger partial charge in [-0.1, -0.05) is 74.5 Å². The third kappa shape index (κ3) is 19.8. The van der Waals surface area contributed by atoms with Gasteiger partial charge in [-0.25, -0.2) is 4.79 Å². The van der Waals surface area contributed by atoms with E-state index in [-0.39, 0.29) is 50.5 Å². The number of aliphatic carboxylic acids is 3. The Labute approximate surface area is 357 Å². The molecule has 0 heterocycles. The SMILES string of the molecule is CC(C)CC(NC(=O)C(CC(=O)O)NC(=O)C(Cc1ccccc1)NC(=O)C(CCCN=C(N)N)NC(=O)C(Cc1ccccc1)NC(=O)CNC(=O)C(N)CC(=O)O)C(=O)O. The Morgan fingerprint density at radius 3 is 1.53 bits per heavy atom. The van der Waals surface area contributed by atoms with Gasteiger partial charge in [0.05, 0.1) is 25.4 Å². The molecule has 0 saturated heterocycles. The highest BCUT2D eigenvalue weighted by molar-refractivity contribution is 5.97. The standard InChI is InChI=1S/C40H56N10O12/c1-22(2)16-30(39(61)62)50-38(60)29(20-33(54)55)49-37(59)28(18-24-12-7-4-8-13-24)48-35(57)26(14-9-15-44-40(42)43)47-36(58)27(17-23-10-5-3-6-11-23)46-31(51)21-45-34(56)25(41)19-32(52)53/h3-8,10-13,22,25-30H,9,14-21,41H2,1-2H3,(H,45,56)(H,46,51)(H,47,58)(H,48,57)(H,49,59)(H,50,60)(H,52,53)(H,54,55)(H,61,62)(H4,42,43,44). The summed E-state index contributed by atoms with van der Waals surface area (Å²) in [7, 11) is 0. The number of carbonyl (C=O) groups is 9. The molecule has 0 fully saturated rings. The Balaban J connectivity index is 2.44. The molecule has 0 aliphatic heterocycles. The van der Waals surface area contributed by atoms with E-state index in [0.717, 1.165) is 0 Å². The molecule has 22 heteroatoms. The molecule has 15 N–H and O–H groups in total. The highest BCUT2D eigenvalue weighted by Crippen LogP contribution is 2.10. The van der Waals surface area contributed by atoms with E-state index in [4.69, 9.17) is 22.3 Å². The maximum atomic E-state index is 14.1. The second-order valence-electron chi connectivity index (χ2n) is 14.7. The van der Waals surface area contributed by atoms with Gasteiger partial charge >= 0.3 is 17.9 Å². The van der Waals surface area contributed by atoms with Crippen LogP contribution in [0.5, 0.6) is 0 Å². The van der Waals surface area contributed by atoms with Gasteiger partial charge in [-0.3, -0.25) is 43.3 Å². The van der Waals surface area contributed by atoms with Crippen molar-refractivity contribution < 1.29 is 58.5 Å². The van der Waals surface area contributed by atoms with E-state index in [1.165, 1.54) is 0 Å². The first kappa shape index (κ1) is 51.0. The summed E-state index contributed by atoms with van der Waals surface area (Å²) < 4.78 is 0. The largest absolute Gasteiger partial charge is 0.481 e. The van der Waals surface area contributed by atoms with Gasteiger partial charge in [-0.05, 0) is 36.3 Å². The molecular weight excluding hydrogens is 812 g/mol. The molecule has 0 saturated carbocycles. The molecule has 0 aromatic heterocycles. The Kier molecular flexibility index (Phi) is 21.6. The minimum absolute atomic E-state index is 0.00749. The molecule has 338 valence electrons. The average molecular weight is 869 g/mol. The highest BCUT2D eigenvalue weighted by atomic mass is 16.4. The summed E-state index contributed by atoms with van der Waals surface area (Å²) >= 11 is 0. The summed E-state index contributed by atoms with van der Waals surface area (Å²) in [5, 5.41) is 42.7. The first-order chi connectivity index (χ1) is 29.2. The number of guanidine groups is 1. The maximum Gasteiger partial charge on any atom is 0.326 e. The fourth-order valence-electron chi connectivity index (χ4n) is 5.88. The normalized spacial score (nSPS) is 13.7. The van der Waals surface area contributed by atoms with E-state index >= 15 is 0 Å². The number of nitrogens with two attached hydrogens (primary N) is 3. The number of nitrogens with zero attached hydrogens (tertiary/aromatic N) is 1. The lowest BCUT2D eigenvalue weighted by atomic mass is 10.0. The summed E-state index contributed by atoms with van der Waals surface area (Å²) in [5.41, 5.74) is 17.6. The average Bonchev–Trinajstić information content (AvgIpc) is 3.19. The molecule has 6 atom stereocenters. The number of carboxylic acid groups (broad SMARTS) is 3. The Morgan fingerprint density at radius 1 is 0.597 bits per heavy atom. The number of carboxylic acids is 3. The first-order valence-corrected chi connectivity index (χ1v) is 19.6. The van der Waals surface area contributed by atoms with Crippen molar-refractivity contribution in [3.63, 3.8) is 0 Å². The minimum Gasteiger partial charge on any atom is -0.481 e. The van der Waals surface area contributed by atoms with Crippen molar-refractivity contribution in [2.75, 3.05) is 13.1 Å². The molecular formula is C40H56N10O12. The number of hydrogen-bond donors (Lipinski definition) is 12. The van der Waals surface area contributed by atoms with Gasteiger partial charge < -0.3 is 64.4 Å². The fraction of sp³-hybridized carbons (Fsp3) is 0.450. The summed E-state index contributed by atoms with van der Waals surface area (Å²) in [6.07, 6.45) is -1.91. The fourth-order valence-corrected chi connectivity index (χ4v) is 5.88. The van der Waals surface area contributed by atoms with Crippen LogP contribution in [0.4, 0.5) is 0 Å².